The Morgan fingerprint density at radius 2 is 2.04 bits per heavy atom. The van der Waals surface area contributed by atoms with E-state index in [2.05, 4.69) is 11.0 Å². The summed E-state index contributed by atoms with van der Waals surface area (Å²) in [6, 6.07) is 11.7. The minimum absolute atomic E-state index is 0.215. The van der Waals surface area contributed by atoms with Gasteiger partial charge in [-0.1, -0.05) is 18.2 Å². The van der Waals surface area contributed by atoms with Crippen molar-refractivity contribution in [3.8, 4) is 23.0 Å². The number of para-hydroxylation sites is 1. The lowest BCUT2D eigenvalue weighted by Gasteiger charge is -2.26. The number of aromatic hydroxyl groups is 1. The lowest BCUT2D eigenvalue weighted by Crippen LogP contribution is -2.31. The summed E-state index contributed by atoms with van der Waals surface area (Å²) in [4.78, 5) is 2.30. The van der Waals surface area contributed by atoms with Crippen LogP contribution in [0.15, 0.2) is 36.4 Å². The predicted molar refractivity (Wildman–Crippen MR) is 105 cm³/mol. The Kier molecular flexibility index (Phi) is 5.88. The van der Waals surface area contributed by atoms with E-state index in [1.807, 2.05) is 31.2 Å². The highest BCUT2D eigenvalue weighted by Crippen LogP contribution is 2.34. The van der Waals surface area contributed by atoms with Crippen molar-refractivity contribution in [2.45, 2.75) is 39.0 Å². The van der Waals surface area contributed by atoms with Crippen molar-refractivity contribution < 1.29 is 24.1 Å². The third-order valence-electron chi connectivity index (χ3n) is 5.11. The van der Waals surface area contributed by atoms with Crippen molar-refractivity contribution in [3.63, 3.8) is 0 Å². The molecule has 4 rings (SSSR count). The molecule has 0 amide bonds. The van der Waals surface area contributed by atoms with Crippen LogP contribution in [0, 0.1) is 0 Å². The molecule has 0 aromatic heterocycles. The SMILES string of the molecule is CCOc1cccc(CN(Cc2ccc3c(c2)OCO3)CC2CCCO2)c1O. The number of nitrogens with zero attached hydrogens (tertiary/aromatic N) is 1. The van der Waals surface area contributed by atoms with Crippen LogP contribution < -0.4 is 14.2 Å². The standard InChI is InChI=1S/C22H27NO5/c1-2-25-20-7-3-5-17(22(20)24)13-23(14-18-6-4-10-26-18)12-16-8-9-19-21(11-16)28-15-27-19/h3,5,7-9,11,18,24H,2,4,6,10,12-15H2,1H3. The molecule has 2 aliphatic heterocycles. The highest BCUT2D eigenvalue weighted by atomic mass is 16.7. The number of phenolic OH excluding ortho intramolecular Hbond substituents is 1. The van der Waals surface area contributed by atoms with Crippen molar-refractivity contribution in [1.29, 1.82) is 0 Å². The Balaban J connectivity index is 1.52. The fourth-order valence-corrected chi connectivity index (χ4v) is 3.77. The van der Waals surface area contributed by atoms with Gasteiger partial charge in [0, 0.05) is 31.8 Å². The van der Waals surface area contributed by atoms with Crippen LogP contribution >= 0.6 is 0 Å². The molecule has 0 spiro atoms. The van der Waals surface area contributed by atoms with Crippen LogP contribution in [0.3, 0.4) is 0 Å². The van der Waals surface area contributed by atoms with Crippen LogP contribution in [0.2, 0.25) is 0 Å². The molecular formula is C22H27NO5. The lowest BCUT2D eigenvalue weighted by atomic mass is 10.1. The van der Waals surface area contributed by atoms with Gasteiger partial charge in [0.25, 0.3) is 0 Å². The van der Waals surface area contributed by atoms with Crippen molar-refractivity contribution in [2.24, 2.45) is 0 Å². The van der Waals surface area contributed by atoms with Gasteiger partial charge in [-0.25, -0.2) is 0 Å². The fourth-order valence-electron chi connectivity index (χ4n) is 3.77. The van der Waals surface area contributed by atoms with Gasteiger partial charge in [-0.15, -0.1) is 0 Å². The zero-order valence-electron chi connectivity index (χ0n) is 16.2. The minimum Gasteiger partial charge on any atom is -0.504 e. The number of hydrogen-bond donors (Lipinski definition) is 1. The van der Waals surface area contributed by atoms with E-state index < -0.39 is 0 Å². The van der Waals surface area contributed by atoms with Gasteiger partial charge in [-0.2, -0.15) is 0 Å². The van der Waals surface area contributed by atoms with Crippen LogP contribution in [0.4, 0.5) is 0 Å². The maximum absolute atomic E-state index is 10.6. The van der Waals surface area contributed by atoms with E-state index in [9.17, 15) is 5.11 Å². The van der Waals surface area contributed by atoms with Gasteiger partial charge in [-0.3, -0.25) is 4.90 Å². The molecule has 0 aliphatic carbocycles. The molecule has 1 saturated heterocycles. The third kappa shape index (κ3) is 4.34. The first-order valence-electron chi connectivity index (χ1n) is 9.89. The van der Waals surface area contributed by atoms with Gasteiger partial charge in [0.1, 0.15) is 0 Å². The number of ether oxygens (including phenoxy) is 4. The fraction of sp³-hybridized carbons (Fsp3) is 0.455. The normalized spacial score (nSPS) is 18.0. The van der Waals surface area contributed by atoms with Crippen molar-refractivity contribution >= 4 is 0 Å². The molecular weight excluding hydrogens is 358 g/mol. The second-order valence-electron chi connectivity index (χ2n) is 7.19. The van der Waals surface area contributed by atoms with Gasteiger partial charge in [0.05, 0.1) is 12.7 Å². The average Bonchev–Trinajstić information content (AvgIpc) is 3.36. The summed E-state index contributed by atoms with van der Waals surface area (Å²) in [6.45, 7) is 5.69. The van der Waals surface area contributed by atoms with Gasteiger partial charge in [0.15, 0.2) is 23.0 Å². The molecule has 2 heterocycles. The topological polar surface area (TPSA) is 60.4 Å². The average molecular weight is 385 g/mol. The number of benzene rings is 2. The number of phenols is 1. The summed E-state index contributed by atoms with van der Waals surface area (Å²) in [5, 5.41) is 10.6. The highest BCUT2D eigenvalue weighted by Gasteiger charge is 2.22. The van der Waals surface area contributed by atoms with Crippen LogP contribution in [-0.2, 0) is 17.8 Å². The zero-order valence-corrected chi connectivity index (χ0v) is 16.2. The quantitative estimate of drug-likeness (QED) is 0.748. The second-order valence-corrected chi connectivity index (χ2v) is 7.19. The summed E-state index contributed by atoms with van der Waals surface area (Å²) in [5.74, 6) is 2.32. The number of fused-ring (bicyclic) bond motifs is 1. The molecule has 2 aliphatic rings. The zero-order chi connectivity index (χ0) is 19.3. The molecule has 1 unspecified atom stereocenters. The lowest BCUT2D eigenvalue weighted by molar-refractivity contribution is 0.0675. The van der Waals surface area contributed by atoms with E-state index in [1.54, 1.807) is 6.07 Å². The van der Waals surface area contributed by atoms with E-state index in [-0.39, 0.29) is 18.6 Å². The summed E-state index contributed by atoms with van der Waals surface area (Å²) >= 11 is 0. The molecule has 150 valence electrons. The monoisotopic (exact) mass is 385 g/mol. The molecule has 2 aromatic rings. The van der Waals surface area contributed by atoms with Crippen LogP contribution in [0.1, 0.15) is 30.9 Å². The Hall–Kier alpha value is -2.44. The van der Waals surface area contributed by atoms with E-state index in [0.717, 1.165) is 55.2 Å². The number of hydrogen-bond acceptors (Lipinski definition) is 6. The van der Waals surface area contributed by atoms with E-state index in [1.165, 1.54) is 0 Å². The third-order valence-corrected chi connectivity index (χ3v) is 5.11. The van der Waals surface area contributed by atoms with Gasteiger partial charge in [-0.05, 0) is 43.5 Å². The predicted octanol–water partition coefficient (Wildman–Crippen LogP) is 3.70. The minimum atomic E-state index is 0.215. The van der Waals surface area contributed by atoms with Gasteiger partial charge < -0.3 is 24.1 Å². The van der Waals surface area contributed by atoms with Gasteiger partial charge >= 0.3 is 0 Å². The molecule has 28 heavy (non-hydrogen) atoms. The van der Waals surface area contributed by atoms with E-state index >= 15 is 0 Å². The van der Waals surface area contributed by atoms with Gasteiger partial charge in [0.2, 0.25) is 6.79 Å². The molecule has 1 fully saturated rings. The summed E-state index contributed by atoms with van der Waals surface area (Å²) in [6.07, 6.45) is 2.40. The first kappa shape index (κ1) is 18.9. The van der Waals surface area contributed by atoms with Crippen LogP contribution in [0.5, 0.6) is 23.0 Å². The van der Waals surface area contributed by atoms with Crippen molar-refractivity contribution in [1.82, 2.24) is 4.90 Å². The second kappa shape index (κ2) is 8.71. The molecule has 6 heteroatoms. The Morgan fingerprint density at radius 1 is 1.14 bits per heavy atom. The molecule has 0 saturated carbocycles. The molecule has 1 atom stereocenters. The summed E-state index contributed by atoms with van der Waals surface area (Å²) in [7, 11) is 0. The smallest absolute Gasteiger partial charge is 0.231 e. The maximum atomic E-state index is 10.6. The molecule has 1 N–H and O–H groups in total. The van der Waals surface area contributed by atoms with E-state index in [4.69, 9.17) is 18.9 Å². The summed E-state index contributed by atoms with van der Waals surface area (Å²) in [5.41, 5.74) is 1.99. The Morgan fingerprint density at radius 3 is 2.86 bits per heavy atom. The molecule has 0 radical (unpaired) electrons. The molecule has 2 aromatic carbocycles. The maximum Gasteiger partial charge on any atom is 0.231 e. The molecule has 6 nitrogen and oxygen atoms in total. The highest BCUT2D eigenvalue weighted by molar-refractivity contribution is 5.46. The first-order valence-corrected chi connectivity index (χ1v) is 9.89. The Labute approximate surface area is 165 Å². The van der Waals surface area contributed by atoms with Crippen molar-refractivity contribution in [3.05, 3.63) is 47.5 Å². The van der Waals surface area contributed by atoms with Crippen molar-refractivity contribution in [2.75, 3.05) is 26.6 Å². The van der Waals surface area contributed by atoms with Crippen LogP contribution in [-0.4, -0.2) is 42.7 Å². The molecule has 0 bridgehead atoms. The Bertz CT molecular complexity index is 804. The number of rotatable bonds is 8. The largest absolute Gasteiger partial charge is 0.504 e. The van der Waals surface area contributed by atoms with E-state index in [0.29, 0.717) is 18.9 Å². The first-order chi connectivity index (χ1) is 13.7. The van der Waals surface area contributed by atoms with Crippen LogP contribution in [0.25, 0.3) is 0 Å². The summed E-state index contributed by atoms with van der Waals surface area (Å²) < 4.78 is 22.3.